The SMILES string of the molecule is CSc1nnc(SCc2cccc(/C=C/C(=O)O)c2)s1. The van der Waals surface area contributed by atoms with Gasteiger partial charge in [-0.05, 0) is 23.5 Å². The van der Waals surface area contributed by atoms with Crippen LogP contribution in [0.3, 0.4) is 0 Å². The van der Waals surface area contributed by atoms with Crippen LogP contribution in [-0.4, -0.2) is 27.5 Å². The van der Waals surface area contributed by atoms with Gasteiger partial charge in [0.05, 0.1) is 0 Å². The summed E-state index contributed by atoms with van der Waals surface area (Å²) in [6, 6.07) is 7.79. The Morgan fingerprint density at radius 2 is 2.20 bits per heavy atom. The van der Waals surface area contributed by atoms with Crippen molar-refractivity contribution in [2.75, 3.05) is 6.26 Å². The van der Waals surface area contributed by atoms with E-state index in [1.54, 1.807) is 40.9 Å². The van der Waals surface area contributed by atoms with E-state index in [1.807, 2.05) is 30.5 Å². The van der Waals surface area contributed by atoms with Crippen LogP contribution in [0.15, 0.2) is 39.0 Å². The molecular weight excluding hydrogens is 312 g/mol. The van der Waals surface area contributed by atoms with E-state index in [0.717, 1.165) is 31.6 Å². The summed E-state index contributed by atoms with van der Waals surface area (Å²) in [5, 5.41) is 16.8. The smallest absolute Gasteiger partial charge is 0.328 e. The Morgan fingerprint density at radius 1 is 1.40 bits per heavy atom. The van der Waals surface area contributed by atoms with Crippen LogP contribution in [0.1, 0.15) is 11.1 Å². The molecular formula is C13H12N2O2S3. The number of carboxylic acids is 1. The molecule has 2 aromatic rings. The number of hydrogen-bond donors (Lipinski definition) is 1. The van der Waals surface area contributed by atoms with Crippen LogP contribution in [0.4, 0.5) is 0 Å². The molecule has 0 aliphatic heterocycles. The number of hydrogen-bond acceptors (Lipinski definition) is 6. The van der Waals surface area contributed by atoms with Crippen molar-refractivity contribution in [2.24, 2.45) is 0 Å². The monoisotopic (exact) mass is 324 g/mol. The van der Waals surface area contributed by atoms with Gasteiger partial charge < -0.3 is 5.11 Å². The summed E-state index contributed by atoms with van der Waals surface area (Å²) in [4.78, 5) is 10.5. The van der Waals surface area contributed by atoms with Gasteiger partial charge in [-0.2, -0.15) is 0 Å². The molecule has 20 heavy (non-hydrogen) atoms. The van der Waals surface area contributed by atoms with E-state index in [0.29, 0.717) is 0 Å². The standard InChI is InChI=1S/C13H12N2O2S3/c1-18-12-14-15-13(20-12)19-8-10-4-2-3-9(7-10)5-6-11(16)17/h2-7H,8H2,1H3,(H,16,17)/b6-5+. The molecule has 1 aromatic heterocycles. The summed E-state index contributed by atoms with van der Waals surface area (Å²) >= 11 is 4.81. The molecule has 0 saturated heterocycles. The van der Waals surface area contributed by atoms with Crippen LogP contribution in [0.5, 0.6) is 0 Å². The van der Waals surface area contributed by atoms with Crippen LogP contribution in [0.2, 0.25) is 0 Å². The highest BCUT2D eigenvalue weighted by atomic mass is 32.2. The van der Waals surface area contributed by atoms with E-state index in [-0.39, 0.29) is 0 Å². The number of carboxylic acid groups (broad SMARTS) is 1. The highest BCUT2D eigenvalue weighted by Crippen LogP contribution is 2.29. The molecule has 0 unspecified atom stereocenters. The minimum atomic E-state index is -0.941. The lowest BCUT2D eigenvalue weighted by Crippen LogP contribution is -1.86. The fourth-order valence-electron chi connectivity index (χ4n) is 1.44. The molecule has 0 radical (unpaired) electrons. The first-order valence-corrected chi connectivity index (χ1v) is 8.70. The molecule has 1 N–H and O–H groups in total. The molecule has 0 fully saturated rings. The van der Waals surface area contributed by atoms with Gasteiger partial charge in [0, 0.05) is 11.8 Å². The van der Waals surface area contributed by atoms with Gasteiger partial charge in [0.15, 0.2) is 8.68 Å². The molecule has 2 rings (SSSR count). The summed E-state index contributed by atoms with van der Waals surface area (Å²) < 4.78 is 1.91. The van der Waals surface area contributed by atoms with Gasteiger partial charge >= 0.3 is 5.97 Å². The van der Waals surface area contributed by atoms with E-state index in [9.17, 15) is 4.79 Å². The third kappa shape index (κ3) is 4.66. The number of nitrogens with zero attached hydrogens (tertiary/aromatic N) is 2. The Labute approximate surface area is 129 Å². The Hall–Kier alpha value is -1.31. The van der Waals surface area contributed by atoms with Crippen molar-refractivity contribution >= 4 is 46.9 Å². The fourth-order valence-corrected chi connectivity index (χ4v) is 3.82. The first-order valence-electron chi connectivity index (χ1n) is 5.67. The molecule has 0 aliphatic rings. The molecule has 4 nitrogen and oxygen atoms in total. The second-order valence-electron chi connectivity index (χ2n) is 3.74. The van der Waals surface area contributed by atoms with Crippen LogP contribution in [0.25, 0.3) is 6.08 Å². The van der Waals surface area contributed by atoms with Gasteiger partial charge in [-0.1, -0.05) is 59.1 Å². The van der Waals surface area contributed by atoms with Gasteiger partial charge in [0.1, 0.15) is 0 Å². The number of benzene rings is 1. The number of rotatable bonds is 6. The average Bonchev–Trinajstić information content (AvgIpc) is 2.91. The highest BCUT2D eigenvalue weighted by Gasteiger charge is 2.04. The maximum atomic E-state index is 10.5. The first kappa shape index (κ1) is 15.1. The summed E-state index contributed by atoms with van der Waals surface area (Å²) in [6.07, 6.45) is 4.71. The summed E-state index contributed by atoms with van der Waals surface area (Å²) in [6.45, 7) is 0. The number of aliphatic carboxylic acids is 1. The van der Waals surface area contributed by atoms with Crippen LogP contribution in [0, 0.1) is 0 Å². The van der Waals surface area contributed by atoms with E-state index < -0.39 is 5.97 Å². The molecule has 1 heterocycles. The predicted molar refractivity (Wildman–Crippen MR) is 84.4 cm³/mol. The summed E-state index contributed by atoms with van der Waals surface area (Å²) in [5.41, 5.74) is 2.01. The van der Waals surface area contributed by atoms with Crippen LogP contribution in [-0.2, 0) is 10.5 Å². The van der Waals surface area contributed by atoms with Crippen molar-refractivity contribution in [1.29, 1.82) is 0 Å². The molecule has 0 aliphatic carbocycles. The Bertz CT molecular complexity index is 626. The lowest BCUT2D eigenvalue weighted by molar-refractivity contribution is -0.131. The Kier molecular flexibility index (Phi) is 5.63. The largest absolute Gasteiger partial charge is 0.478 e. The lowest BCUT2D eigenvalue weighted by atomic mass is 10.1. The summed E-state index contributed by atoms with van der Waals surface area (Å²) in [7, 11) is 0. The number of thioether (sulfide) groups is 2. The van der Waals surface area contributed by atoms with E-state index in [4.69, 9.17) is 5.11 Å². The van der Waals surface area contributed by atoms with Crippen molar-refractivity contribution in [3.63, 3.8) is 0 Å². The fraction of sp³-hybridized carbons (Fsp3) is 0.154. The highest BCUT2D eigenvalue weighted by molar-refractivity contribution is 8.02. The topological polar surface area (TPSA) is 63.1 Å². The minimum absolute atomic E-state index is 0.789. The molecule has 1 aromatic carbocycles. The quantitative estimate of drug-likeness (QED) is 0.646. The minimum Gasteiger partial charge on any atom is -0.478 e. The van der Waals surface area contributed by atoms with Crippen LogP contribution >= 0.6 is 34.9 Å². The third-order valence-electron chi connectivity index (χ3n) is 2.29. The van der Waals surface area contributed by atoms with Gasteiger partial charge in [0.2, 0.25) is 0 Å². The van der Waals surface area contributed by atoms with Crippen LogP contribution < -0.4 is 0 Å². The van der Waals surface area contributed by atoms with Crippen molar-refractivity contribution < 1.29 is 9.90 Å². The van der Waals surface area contributed by atoms with E-state index in [2.05, 4.69) is 10.2 Å². The lowest BCUT2D eigenvalue weighted by Gasteiger charge is -2.00. The first-order chi connectivity index (χ1) is 9.67. The Balaban J connectivity index is 1.99. The second-order valence-corrected chi connectivity index (χ2v) is 7.00. The predicted octanol–water partition coefficient (Wildman–Crippen LogP) is 3.65. The molecule has 0 saturated carbocycles. The van der Waals surface area contributed by atoms with Gasteiger partial charge in [-0.3, -0.25) is 0 Å². The second kappa shape index (κ2) is 7.47. The van der Waals surface area contributed by atoms with Crippen molar-refractivity contribution in [2.45, 2.75) is 14.4 Å². The maximum absolute atomic E-state index is 10.5. The summed E-state index contributed by atoms with van der Waals surface area (Å²) in [5.74, 6) is -0.152. The molecule has 104 valence electrons. The zero-order valence-electron chi connectivity index (χ0n) is 10.6. The van der Waals surface area contributed by atoms with Gasteiger partial charge in [0.25, 0.3) is 0 Å². The normalized spacial score (nSPS) is 11.1. The third-order valence-corrected chi connectivity index (χ3v) is 5.40. The zero-order valence-corrected chi connectivity index (χ0v) is 13.1. The molecule has 0 spiro atoms. The van der Waals surface area contributed by atoms with Gasteiger partial charge in [-0.25, -0.2) is 4.79 Å². The maximum Gasteiger partial charge on any atom is 0.328 e. The number of aromatic nitrogens is 2. The number of carbonyl (C=O) groups is 1. The van der Waals surface area contributed by atoms with E-state index >= 15 is 0 Å². The zero-order chi connectivity index (χ0) is 14.4. The van der Waals surface area contributed by atoms with Crippen molar-refractivity contribution in [3.8, 4) is 0 Å². The van der Waals surface area contributed by atoms with Gasteiger partial charge in [-0.15, -0.1) is 10.2 Å². The van der Waals surface area contributed by atoms with E-state index in [1.165, 1.54) is 0 Å². The molecule has 0 bridgehead atoms. The average molecular weight is 324 g/mol. The Morgan fingerprint density at radius 3 is 2.90 bits per heavy atom. The molecule has 7 heteroatoms. The molecule has 0 amide bonds. The van der Waals surface area contributed by atoms with Crippen molar-refractivity contribution in [1.82, 2.24) is 10.2 Å². The van der Waals surface area contributed by atoms with Crippen molar-refractivity contribution in [3.05, 3.63) is 41.5 Å². The molecule has 0 atom stereocenters.